The zero-order valence-corrected chi connectivity index (χ0v) is 16.4. The molecule has 1 heterocycles. The van der Waals surface area contributed by atoms with Crippen molar-refractivity contribution in [1.29, 1.82) is 0 Å². The molecule has 2 aliphatic carbocycles. The van der Waals surface area contributed by atoms with E-state index in [9.17, 15) is 14.9 Å². The van der Waals surface area contributed by atoms with E-state index in [1.54, 1.807) is 11.5 Å². The predicted octanol–water partition coefficient (Wildman–Crippen LogP) is 3.88. The second kappa shape index (κ2) is 7.37. The third kappa shape index (κ3) is 3.41. The second-order valence-corrected chi connectivity index (χ2v) is 8.06. The molecule has 0 spiro atoms. The van der Waals surface area contributed by atoms with Crippen LogP contribution < -0.4 is 4.90 Å². The van der Waals surface area contributed by atoms with Gasteiger partial charge in [0.1, 0.15) is 12.7 Å². The first-order valence-electron chi connectivity index (χ1n) is 10.1. The molecule has 0 saturated heterocycles. The third-order valence-electron chi connectivity index (χ3n) is 6.35. The van der Waals surface area contributed by atoms with Crippen molar-refractivity contribution in [3.05, 3.63) is 52.0 Å². The SMILES string of the molecule is CCc1cccc(N(C(=O)Cn2cc([N+](=O)[O-])nc2C)C2CC3CCC2C3)c1. The molecule has 4 rings (SSSR count). The molecular weight excluding hydrogens is 356 g/mol. The Bertz CT molecular complexity index is 907. The standard InChI is InChI=1S/C21H26N4O3/c1-3-15-5-4-6-18(10-15)24(19-11-16-7-8-17(19)9-16)21(26)13-23-12-20(25(27)28)22-14(23)2/h4-6,10,12,16-17,19H,3,7-9,11,13H2,1-2H3. The maximum absolute atomic E-state index is 13.4. The zero-order chi connectivity index (χ0) is 19.8. The fourth-order valence-electron chi connectivity index (χ4n) is 4.94. The Hall–Kier alpha value is -2.70. The quantitative estimate of drug-likeness (QED) is 0.561. The van der Waals surface area contributed by atoms with Crippen LogP contribution in [0.25, 0.3) is 0 Å². The number of benzene rings is 1. The molecular formula is C21H26N4O3. The normalized spacial score (nSPS) is 23.1. The van der Waals surface area contributed by atoms with E-state index < -0.39 is 4.92 Å². The number of hydrogen-bond acceptors (Lipinski definition) is 4. The fourth-order valence-corrected chi connectivity index (χ4v) is 4.94. The lowest BCUT2D eigenvalue weighted by molar-refractivity contribution is -0.389. The maximum atomic E-state index is 13.4. The molecule has 3 unspecified atom stereocenters. The molecule has 28 heavy (non-hydrogen) atoms. The first-order chi connectivity index (χ1) is 13.5. The van der Waals surface area contributed by atoms with Crippen LogP contribution in [0.1, 0.15) is 44.0 Å². The molecule has 0 radical (unpaired) electrons. The van der Waals surface area contributed by atoms with Gasteiger partial charge in [0.2, 0.25) is 11.7 Å². The van der Waals surface area contributed by atoms with Gasteiger partial charge < -0.3 is 15.0 Å². The molecule has 1 amide bonds. The Morgan fingerprint density at radius 1 is 1.36 bits per heavy atom. The number of imidazole rings is 1. The summed E-state index contributed by atoms with van der Waals surface area (Å²) in [6.45, 7) is 3.87. The number of anilines is 1. The van der Waals surface area contributed by atoms with Gasteiger partial charge in [-0.3, -0.25) is 9.36 Å². The Kier molecular flexibility index (Phi) is 4.91. The molecule has 2 aliphatic rings. The van der Waals surface area contributed by atoms with E-state index in [1.807, 2.05) is 17.0 Å². The van der Waals surface area contributed by atoms with Gasteiger partial charge in [-0.05, 0) is 65.1 Å². The summed E-state index contributed by atoms with van der Waals surface area (Å²) in [6.07, 6.45) is 6.98. The van der Waals surface area contributed by atoms with Gasteiger partial charge in [-0.2, -0.15) is 0 Å². The monoisotopic (exact) mass is 382 g/mol. The summed E-state index contributed by atoms with van der Waals surface area (Å²) in [5.74, 6) is 1.51. The predicted molar refractivity (Wildman–Crippen MR) is 106 cm³/mol. The van der Waals surface area contributed by atoms with Gasteiger partial charge in [0, 0.05) is 18.7 Å². The zero-order valence-electron chi connectivity index (χ0n) is 16.4. The Labute approximate surface area is 164 Å². The number of nitro groups is 1. The minimum absolute atomic E-state index is 0.0267. The summed E-state index contributed by atoms with van der Waals surface area (Å²) in [6, 6.07) is 8.42. The maximum Gasteiger partial charge on any atom is 0.381 e. The van der Waals surface area contributed by atoms with Crippen molar-refractivity contribution < 1.29 is 9.72 Å². The highest BCUT2D eigenvalue weighted by Crippen LogP contribution is 2.47. The van der Waals surface area contributed by atoms with E-state index in [0.717, 1.165) is 24.4 Å². The number of carbonyl (C=O) groups is 1. The fraction of sp³-hybridized carbons (Fsp3) is 0.524. The average Bonchev–Trinajstić information content (AvgIpc) is 3.39. The van der Waals surface area contributed by atoms with Crippen LogP contribution in [0, 0.1) is 28.9 Å². The van der Waals surface area contributed by atoms with Crippen LogP contribution in [0.5, 0.6) is 0 Å². The van der Waals surface area contributed by atoms with E-state index in [1.165, 1.54) is 31.0 Å². The first kappa shape index (κ1) is 18.7. The molecule has 2 aromatic rings. The largest absolute Gasteiger partial charge is 0.381 e. The molecule has 3 atom stereocenters. The molecule has 0 N–H and O–H groups in total. The van der Waals surface area contributed by atoms with Crippen molar-refractivity contribution in [3.63, 3.8) is 0 Å². The molecule has 7 heteroatoms. The summed E-state index contributed by atoms with van der Waals surface area (Å²) >= 11 is 0. The highest BCUT2D eigenvalue weighted by molar-refractivity contribution is 5.94. The number of carbonyl (C=O) groups excluding carboxylic acids is 1. The summed E-state index contributed by atoms with van der Waals surface area (Å²) in [7, 11) is 0. The lowest BCUT2D eigenvalue weighted by atomic mass is 9.93. The van der Waals surface area contributed by atoms with E-state index in [4.69, 9.17) is 0 Å². The molecule has 2 fully saturated rings. The average molecular weight is 382 g/mol. The van der Waals surface area contributed by atoms with E-state index in [0.29, 0.717) is 11.7 Å². The summed E-state index contributed by atoms with van der Waals surface area (Å²) in [5.41, 5.74) is 2.14. The minimum Gasteiger partial charge on any atom is -0.358 e. The second-order valence-electron chi connectivity index (χ2n) is 8.06. The van der Waals surface area contributed by atoms with Gasteiger partial charge in [0.15, 0.2) is 0 Å². The van der Waals surface area contributed by atoms with Gasteiger partial charge in [-0.15, -0.1) is 0 Å². The molecule has 148 valence electrons. The third-order valence-corrected chi connectivity index (χ3v) is 6.35. The van der Waals surface area contributed by atoms with Crippen molar-refractivity contribution in [2.75, 3.05) is 4.90 Å². The Morgan fingerprint density at radius 3 is 2.79 bits per heavy atom. The van der Waals surface area contributed by atoms with Crippen molar-refractivity contribution in [1.82, 2.24) is 9.55 Å². The number of rotatable bonds is 6. The van der Waals surface area contributed by atoms with Crippen molar-refractivity contribution in [2.45, 2.75) is 58.5 Å². The Morgan fingerprint density at radius 2 is 2.18 bits per heavy atom. The number of aromatic nitrogens is 2. The molecule has 1 aromatic carbocycles. The molecule has 1 aromatic heterocycles. The van der Waals surface area contributed by atoms with Crippen LogP contribution in [0.2, 0.25) is 0 Å². The number of aryl methyl sites for hydroxylation is 2. The van der Waals surface area contributed by atoms with Crippen molar-refractivity contribution in [2.24, 2.45) is 11.8 Å². The van der Waals surface area contributed by atoms with Gasteiger partial charge in [-0.25, -0.2) is 0 Å². The Balaban J connectivity index is 1.64. The number of fused-ring (bicyclic) bond motifs is 2. The number of amides is 1. The van der Waals surface area contributed by atoms with Crippen molar-refractivity contribution in [3.8, 4) is 0 Å². The van der Waals surface area contributed by atoms with Crippen LogP contribution in [0.15, 0.2) is 30.5 Å². The van der Waals surface area contributed by atoms with Crippen LogP contribution in [0.4, 0.5) is 11.5 Å². The summed E-state index contributed by atoms with van der Waals surface area (Å²) in [4.78, 5) is 29.8. The lowest BCUT2D eigenvalue weighted by Crippen LogP contribution is -2.45. The molecule has 7 nitrogen and oxygen atoms in total. The minimum atomic E-state index is -0.521. The van der Waals surface area contributed by atoms with Gasteiger partial charge in [0.25, 0.3) is 0 Å². The highest BCUT2D eigenvalue weighted by atomic mass is 16.6. The molecule has 2 bridgehead atoms. The highest BCUT2D eigenvalue weighted by Gasteiger charge is 2.44. The first-order valence-corrected chi connectivity index (χ1v) is 10.1. The number of hydrogen-bond donors (Lipinski definition) is 0. The number of nitrogens with zero attached hydrogens (tertiary/aromatic N) is 4. The topological polar surface area (TPSA) is 81.3 Å². The summed E-state index contributed by atoms with van der Waals surface area (Å²) in [5, 5.41) is 11.0. The van der Waals surface area contributed by atoms with E-state index >= 15 is 0 Å². The van der Waals surface area contributed by atoms with E-state index in [2.05, 4.69) is 24.0 Å². The van der Waals surface area contributed by atoms with Crippen LogP contribution >= 0.6 is 0 Å². The smallest absolute Gasteiger partial charge is 0.358 e. The van der Waals surface area contributed by atoms with Gasteiger partial charge >= 0.3 is 5.82 Å². The van der Waals surface area contributed by atoms with Crippen molar-refractivity contribution >= 4 is 17.4 Å². The molecule has 2 saturated carbocycles. The summed E-state index contributed by atoms with van der Waals surface area (Å²) < 4.78 is 1.59. The lowest BCUT2D eigenvalue weighted by Gasteiger charge is -2.35. The van der Waals surface area contributed by atoms with Crippen LogP contribution in [-0.4, -0.2) is 26.4 Å². The van der Waals surface area contributed by atoms with Crippen LogP contribution in [-0.2, 0) is 17.8 Å². The molecule has 0 aliphatic heterocycles. The van der Waals surface area contributed by atoms with Gasteiger partial charge in [-0.1, -0.05) is 25.5 Å². The van der Waals surface area contributed by atoms with Crippen LogP contribution in [0.3, 0.4) is 0 Å². The van der Waals surface area contributed by atoms with Gasteiger partial charge in [0.05, 0.1) is 0 Å². The van der Waals surface area contributed by atoms with E-state index in [-0.39, 0.29) is 24.3 Å².